The number of methoxy groups -OCH3 is 1. The molecule has 3 aliphatic rings. The quantitative estimate of drug-likeness (QED) is 0.496. The van der Waals surface area contributed by atoms with E-state index in [0.717, 1.165) is 53.7 Å². The van der Waals surface area contributed by atoms with Crippen molar-refractivity contribution >= 4 is 34.5 Å². The Balaban J connectivity index is 1.62. The van der Waals surface area contributed by atoms with Crippen LogP contribution in [0.5, 0.6) is 5.75 Å². The number of ether oxygens (including phenoxy) is 2. The van der Waals surface area contributed by atoms with E-state index >= 15 is 0 Å². The highest BCUT2D eigenvalue weighted by molar-refractivity contribution is 8.16. The maximum atomic E-state index is 13.5. The molecule has 3 heterocycles. The Morgan fingerprint density at radius 2 is 1.78 bits per heavy atom. The Morgan fingerprint density at radius 3 is 2.44 bits per heavy atom. The van der Waals surface area contributed by atoms with Crippen LogP contribution in [0.2, 0.25) is 0 Å². The summed E-state index contributed by atoms with van der Waals surface area (Å²) in [7, 11) is 1.62. The lowest BCUT2D eigenvalue weighted by atomic mass is 9.91. The van der Waals surface area contributed by atoms with Crippen molar-refractivity contribution in [2.24, 2.45) is 4.99 Å². The Labute approximate surface area is 215 Å². The monoisotopic (exact) mass is 503 g/mol. The Morgan fingerprint density at radius 1 is 1.06 bits per heavy atom. The number of amides is 1. The van der Waals surface area contributed by atoms with Crippen molar-refractivity contribution in [2.45, 2.75) is 32.2 Å². The van der Waals surface area contributed by atoms with Gasteiger partial charge in [-0.05, 0) is 42.9 Å². The van der Waals surface area contributed by atoms with E-state index < -0.39 is 12.0 Å². The summed E-state index contributed by atoms with van der Waals surface area (Å²) in [4.78, 5) is 35.5. The van der Waals surface area contributed by atoms with Crippen molar-refractivity contribution in [1.29, 1.82) is 0 Å². The first-order valence-corrected chi connectivity index (χ1v) is 13.1. The molecule has 7 nitrogen and oxygen atoms in total. The molecule has 186 valence electrons. The highest BCUT2D eigenvalue weighted by Gasteiger charge is 2.42. The van der Waals surface area contributed by atoms with Gasteiger partial charge in [-0.25, -0.2) is 9.79 Å². The number of amidine groups is 1. The molecule has 0 radical (unpaired) electrons. The second-order valence-electron chi connectivity index (χ2n) is 8.78. The van der Waals surface area contributed by atoms with Gasteiger partial charge in [-0.15, -0.1) is 0 Å². The zero-order chi connectivity index (χ0) is 25.1. The van der Waals surface area contributed by atoms with Crippen molar-refractivity contribution in [3.8, 4) is 5.75 Å². The van der Waals surface area contributed by atoms with Gasteiger partial charge in [-0.2, -0.15) is 0 Å². The van der Waals surface area contributed by atoms with Crippen molar-refractivity contribution in [2.75, 3.05) is 26.8 Å². The van der Waals surface area contributed by atoms with Gasteiger partial charge < -0.3 is 19.3 Å². The average Bonchev–Trinajstić information content (AvgIpc) is 3.59. The predicted octanol–water partition coefficient (Wildman–Crippen LogP) is 4.98. The fraction of sp³-hybridized carbons (Fsp3) is 0.321. The van der Waals surface area contributed by atoms with Crippen LogP contribution in [0.25, 0.3) is 5.70 Å². The second kappa shape index (κ2) is 10.6. The number of rotatable bonds is 7. The highest BCUT2D eigenvalue weighted by Crippen LogP contribution is 2.47. The van der Waals surface area contributed by atoms with E-state index in [9.17, 15) is 9.59 Å². The van der Waals surface area contributed by atoms with Gasteiger partial charge in [0, 0.05) is 24.4 Å². The fourth-order valence-electron chi connectivity index (χ4n) is 4.82. The van der Waals surface area contributed by atoms with Crippen LogP contribution in [0, 0.1) is 0 Å². The summed E-state index contributed by atoms with van der Waals surface area (Å²) in [6, 6.07) is 16.9. The zero-order valence-electron chi connectivity index (χ0n) is 20.5. The van der Waals surface area contributed by atoms with E-state index in [1.807, 2.05) is 69.8 Å². The molecule has 1 unspecified atom stereocenters. The molecule has 2 aromatic carbocycles. The van der Waals surface area contributed by atoms with Crippen LogP contribution >= 0.6 is 11.8 Å². The number of carbonyl (C=O) groups is 2. The van der Waals surface area contributed by atoms with Crippen LogP contribution in [0.1, 0.15) is 43.4 Å². The minimum Gasteiger partial charge on any atom is -0.497 e. The molecule has 1 amide bonds. The van der Waals surface area contributed by atoms with Crippen molar-refractivity contribution < 1.29 is 19.1 Å². The zero-order valence-corrected chi connectivity index (χ0v) is 21.3. The molecule has 0 N–H and O–H groups in total. The molecular weight excluding hydrogens is 474 g/mol. The van der Waals surface area contributed by atoms with Gasteiger partial charge in [0.25, 0.3) is 0 Å². The standard InChI is InChI=1S/C28H29N3O4S/c1-3-35-27(33)24-25(19-9-5-4-6-10-19)29-28-31(26(24)20-11-13-22(34-2)14-12-20)21(18-36-28)17-23(32)30-15-7-8-16-30/h4-6,9-14,18,26H,3,7-8,15-17H2,1-2H3. The van der Waals surface area contributed by atoms with Gasteiger partial charge in [-0.1, -0.05) is 54.2 Å². The highest BCUT2D eigenvalue weighted by atomic mass is 32.2. The second-order valence-corrected chi connectivity index (χ2v) is 9.62. The van der Waals surface area contributed by atoms with E-state index in [4.69, 9.17) is 14.5 Å². The third-order valence-electron chi connectivity index (χ3n) is 6.58. The molecule has 0 aromatic heterocycles. The minimum absolute atomic E-state index is 0.101. The normalized spacial score (nSPS) is 19.1. The molecule has 1 fully saturated rings. The number of thioether (sulfide) groups is 1. The largest absolute Gasteiger partial charge is 0.497 e. The molecule has 0 aliphatic carbocycles. The first-order valence-electron chi connectivity index (χ1n) is 12.2. The van der Waals surface area contributed by atoms with Crippen molar-refractivity contribution in [3.05, 3.63) is 82.4 Å². The van der Waals surface area contributed by atoms with Crippen LogP contribution < -0.4 is 4.74 Å². The van der Waals surface area contributed by atoms with E-state index in [-0.39, 0.29) is 18.9 Å². The summed E-state index contributed by atoms with van der Waals surface area (Å²) in [5, 5.41) is 2.73. The number of hydrogen-bond donors (Lipinski definition) is 0. The molecule has 0 spiro atoms. The SMILES string of the molecule is CCOC(=O)C1=C(c2ccccc2)N=C2SC=C(CC(=O)N3CCCC3)N2C1c1ccc(OC)cc1. The van der Waals surface area contributed by atoms with Gasteiger partial charge in [0.05, 0.1) is 37.4 Å². The topological polar surface area (TPSA) is 71.4 Å². The number of fused-ring (bicyclic) bond motifs is 1. The fourth-order valence-corrected chi connectivity index (χ4v) is 5.74. The Hall–Kier alpha value is -3.52. The summed E-state index contributed by atoms with van der Waals surface area (Å²) in [6.45, 7) is 3.65. The number of hydrogen-bond acceptors (Lipinski definition) is 7. The van der Waals surface area contributed by atoms with Gasteiger partial charge in [-0.3, -0.25) is 4.79 Å². The average molecular weight is 504 g/mol. The Kier molecular flexibility index (Phi) is 7.13. The summed E-state index contributed by atoms with van der Waals surface area (Å²) in [5.41, 5.74) is 3.62. The third-order valence-corrected chi connectivity index (χ3v) is 7.46. The molecule has 0 saturated carbocycles. The number of esters is 1. The van der Waals surface area contributed by atoms with Crippen LogP contribution in [-0.2, 0) is 14.3 Å². The van der Waals surface area contributed by atoms with Gasteiger partial charge in [0.15, 0.2) is 5.17 Å². The molecule has 3 aliphatic heterocycles. The molecular formula is C28H29N3O4S. The lowest BCUT2D eigenvalue weighted by molar-refractivity contribution is -0.139. The summed E-state index contributed by atoms with van der Waals surface area (Å²) in [5.74, 6) is 0.413. The summed E-state index contributed by atoms with van der Waals surface area (Å²) >= 11 is 1.48. The molecule has 2 aromatic rings. The number of aliphatic imine (C=N–C) groups is 1. The number of likely N-dealkylation sites (tertiary alicyclic amines) is 1. The van der Waals surface area contributed by atoms with E-state index in [2.05, 4.69) is 0 Å². The summed E-state index contributed by atoms with van der Waals surface area (Å²) < 4.78 is 10.9. The number of carbonyl (C=O) groups excluding carboxylic acids is 2. The van der Waals surface area contributed by atoms with Crippen LogP contribution in [0.15, 0.2) is 76.3 Å². The molecule has 36 heavy (non-hydrogen) atoms. The molecule has 1 atom stereocenters. The van der Waals surface area contributed by atoms with Crippen LogP contribution in [0.4, 0.5) is 0 Å². The van der Waals surface area contributed by atoms with Gasteiger partial charge >= 0.3 is 5.97 Å². The van der Waals surface area contributed by atoms with Gasteiger partial charge in [0.1, 0.15) is 5.75 Å². The van der Waals surface area contributed by atoms with Crippen molar-refractivity contribution in [1.82, 2.24) is 9.80 Å². The lowest BCUT2D eigenvalue weighted by Crippen LogP contribution is -2.38. The maximum Gasteiger partial charge on any atom is 0.338 e. The van der Waals surface area contributed by atoms with Crippen molar-refractivity contribution in [3.63, 3.8) is 0 Å². The lowest BCUT2D eigenvalue weighted by Gasteiger charge is -2.37. The Bertz CT molecular complexity index is 1230. The van der Waals surface area contributed by atoms with E-state index in [0.29, 0.717) is 11.3 Å². The number of nitrogens with zero attached hydrogens (tertiary/aromatic N) is 3. The molecule has 1 saturated heterocycles. The van der Waals surface area contributed by atoms with Gasteiger partial charge in [0.2, 0.25) is 5.91 Å². The van der Waals surface area contributed by atoms with E-state index in [1.54, 1.807) is 14.0 Å². The van der Waals surface area contributed by atoms with E-state index in [1.165, 1.54) is 11.8 Å². The first kappa shape index (κ1) is 24.2. The molecule has 8 heteroatoms. The van der Waals surface area contributed by atoms with Crippen LogP contribution in [-0.4, -0.2) is 53.7 Å². The maximum absolute atomic E-state index is 13.5. The smallest absolute Gasteiger partial charge is 0.338 e. The van der Waals surface area contributed by atoms with Crippen LogP contribution in [0.3, 0.4) is 0 Å². The molecule has 0 bridgehead atoms. The molecule has 5 rings (SSSR count). The first-order chi connectivity index (χ1) is 17.6. The number of benzene rings is 2. The summed E-state index contributed by atoms with van der Waals surface area (Å²) in [6.07, 6.45) is 2.34. The predicted molar refractivity (Wildman–Crippen MR) is 141 cm³/mol. The third kappa shape index (κ3) is 4.65. The minimum atomic E-state index is -0.495.